The molecule has 14 heteroatoms. The molecule has 6 aromatic rings. The third-order valence-corrected chi connectivity index (χ3v) is 11.6. The van der Waals surface area contributed by atoms with Gasteiger partial charge in [0.2, 0.25) is 5.91 Å². The fourth-order valence-corrected chi connectivity index (χ4v) is 8.35. The van der Waals surface area contributed by atoms with Crippen LogP contribution >= 0.6 is 0 Å². The van der Waals surface area contributed by atoms with Crippen LogP contribution < -0.4 is 20.9 Å². The summed E-state index contributed by atoms with van der Waals surface area (Å²) in [6.45, 7) is 0.0460. The summed E-state index contributed by atoms with van der Waals surface area (Å²) in [7, 11) is 3.25. The third kappa shape index (κ3) is 7.02. The Morgan fingerprint density at radius 1 is 0.983 bits per heavy atom. The van der Waals surface area contributed by atoms with E-state index in [1.165, 1.54) is 12.2 Å². The molecule has 1 aliphatic carbocycles. The molecule has 0 bridgehead atoms. The molecule has 300 valence electrons. The predicted octanol–water partition coefficient (Wildman–Crippen LogP) is 5.02. The summed E-state index contributed by atoms with van der Waals surface area (Å²) in [4.78, 5) is 50.8. The van der Waals surface area contributed by atoms with Crippen molar-refractivity contribution in [2.75, 3.05) is 26.8 Å². The predicted molar refractivity (Wildman–Crippen MR) is 219 cm³/mol. The summed E-state index contributed by atoms with van der Waals surface area (Å²) >= 11 is 0. The van der Waals surface area contributed by atoms with Gasteiger partial charge in [0.25, 0.3) is 5.56 Å². The Labute approximate surface area is 339 Å². The first-order valence-corrected chi connectivity index (χ1v) is 19.7. The number of hydroxylamine groups is 2. The fourth-order valence-electron chi connectivity index (χ4n) is 8.35. The van der Waals surface area contributed by atoms with Crippen molar-refractivity contribution in [2.24, 2.45) is 13.0 Å². The summed E-state index contributed by atoms with van der Waals surface area (Å²) in [5.41, 5.74) is 3.69. The number of rotatable bonds is 9. The zero-order valence-electron chi connectivity index (χ0n) is 32.6. The summed E-state index contributed by atoms with van der Waals surface area (Å²) in [5.74, 6) is 6.28. The van der Waals surface area contributed by atoms with Crippen LogP contribution in [0.1, 0.15) is 65.9 Å². The van der Waals surface area contributed by atoms with Crippen LogP contribution in [0, 0.1) is 17.8 Å². The summed E-state index contributed by atoms with van der Waals surface area (Å²) in [6, 6.07) is 21.6. The van der Waals surface area contributed by atoms with E-state index >= 15 is 0 Å². The number of amides is 3. The van der Waals surface area contributed by atoms with E-state index in [1.807, 2.05) is 72.9 Å². The van der Waals surface area contributed by atoms with Crippen LogP contribution in [0.5, 0.6) is 5.75 Å². The van der Waals surface area contributed by atoms with E-state index < -0.39 is 36.1 Å². The van der Waals surface area contributed by atoms with Gasteiger partial charge < -0.3 is 34.7 Å². The number of para-hydroxylation sites is 1. The van der Waals surface area contributed by atoms with Crippen molar-refractivity contribution in [2.45, 2.75) is 49.3 Å². The van der Waals surface area contributed by atoms with Gasteiger partial charge in [-0.3, -0.25) is 14.9 Å². The SMILES string of the molecule is COc1c(C#CC2CCN(O)C(c3nc(C(CO)(OC4CC4)c4ccccc4)c4cc(-c5cn(C)c(=O)c6[nH]ccc56)ccc4n3)C2)cccc1C1CNC(=O)NC1=O. The maximum Gasteiger partial charge on any atom is 0.321 e. The largest absolute Gasteiger partial charge is 0.495 e. The van der Waals surface area contributed by atoms with Gasteiger partial charge in [0.15, 0.2) is 5.60 Å². The van der Waals surface area contributed by atoms with E-state index in [9.17, 15) is 24.7 Å². The topological polar surface area (TPSA) is 184 Å². The molecular weight excluding hydrogens is 751 g/mol. The van der Waals surface area contributed by atoms with Gasteiger partial charge in [0.1, 0.15) is 17.1 Å². The number of imide groups is 1. The zero-order valence-corrected chi connectivity index (χ0v) is 32.6. The monoisotopic (exact) mass is 793 g/mol. The second kappa shape index (κ2) is 15.4. The Morgan fingerprint density at radius 3 is 2.58 bits per heavy atom. The van der Waals surface area contributed by atoms with Crippen LogP contribution in [0.4, 0.5) is 4.79 Å². The van der Waals surface area contributed by atoms with Crippen molar-refractivity contribution in [3.63, 3.8) is 0 Å². The van der Waals surface area contributed by atoms with E-state index in [4.69, 9.17) is 19.4 Å². The minimum absolute atomic E-state index is 0.0763. The first-order chi connectivity index (χ1) is 28.7. The number of benzene rings is 3. The fraction of sp³-hybridized carbons (Fsp3) is 0.311. The van der Waals surface area contributed by atoms with Crippen molar-refractivity contribution in [1.82, 2.24) is 35.2 Å². The number of aromatic amines is 1. The van der Waals surface area contributed by atoms with Crippen LogP contribution in [0.2, 0.25) is 0 Å². The Balaban J connectivity index is 1.14. The van der Waals surface area contributed by atoms with E-state index in [0.29, 0.717) is 64.2 Å². The number of aromatic nitrogens is 4. The number of carbonyl (C=O) groups is 2. The molecule has 2 aliphatic heterocycles. The van der Waals surface area contributed by atoms with Crippen LogP contribution in [-0.2, 0) is 22.2 Å². The van der Waals surface area contributed by atoms with E-state index in [1.54, 1.807) is 23.9 Å². The average molecular weight is 794 g/mol. The number of fused-ring (bicyclic) bond motifs is 2. The number of nitrogens with zero attached hydrogens (tertiary/aromatic N) is 4. The maximum absolute atomic E-state index is 13.0. The van der Waals surface area contributed by atoms with Gasteiger partial charge in [-0.1, -0.05) is 60.4 Å². The molecule has 0 spiro atoms. The highest BCUT2D eigenvalue weighted by atomic mass is 16.5. The minimum atomic E-state index is -1.36. The minimum Gasteiger partial charge on any atom is -0.495 e. The van der Waals surface area contributed by atoms with Gasteiger partial charge in [-0.2, -0.15) is 5.06 Å². The van der Waals surface area contributed by atoms with E-state index in [-0.39, 0.29) is 24.1 Å². The third-order valence-electron chi connectivity index (χ3n) is 11.6. The number of pyridine rings is 1. The molecule has 3 aromatic carbocycles. The second-order valence-corrected chi connectivity index (χ2v) is 15.4. The van der Waals surface area contributed by atoms with Crippen molar-refractivity contribution in [3.05, 3.63) is 124 Å². The molecule has 5 N–H and O–H groups in total. The molecule has 59 heavy (non-hydrogen) atoms. The quantitative estimate of drug-likeness (QED) is 0.125. The highest BCUT2D eigenvalue weighted by Gasteiger charge is 2.44. The van der Waals surface area contributed by atoms with Crippen molar-refractivity contribution in [1.29, 1.82) is 0 Å². The Kier molecular flexibility index (Phi) is 9.98. The molecule has 1 saturated carbocycles. The highest BCUT2D eigenvalue weighted by molar-refractivity contribution is 6.01. The van der Waals surface area contributed by atoms with Crippen LogP contribution in [0.25, 0.3) is 32.9 Å². The first kappa shape index (κ1) is 38.2. The molecule has 0 radical (unpaired) electrons. The average Bonchev–Trinajstić information content (AvgIpc) is 3.94. The van der Waals surface area contributed by atoms with Gasteiger partial charge in [0.05, 0.1) is 48.6 Å². The molecule has 3 aromatic heterocycles. The number of urea groups is 1. The number of H-pyrrole nitrogens is 1. The standard InChI is InChI=1S/C45H43N7O7/c1-51-24-35(31-17-19-46-38(31)43(51)55)28-13-16-36-33(22-28)40(45(25-53,59-30-14-15-30)29-8-4-3-5-9-29)49-41(48-36)37-21-26(18-20-52(37)57)11-12-27-7-6-10-32(39(27)58-2)34-23-47-44(56)50-42(34)54/h3-10,13,16-17,19,22,24,26,30,34,37,46,53,57H,14-15,18,20-21,23,25H2,1-2H3,(H2,47,50,54,56). The number of nitrogens with one attached hydrogen (secondary N) is 3. The lowest BCUT2D eigenvalue weighted by Gasteiger charge is -2.36. The van der Waals surface area contributed by atoms with Crippen molar-refractivity contribution in [3.8, 4) is 28.7 Å². The molecule has 5 heterocycles. The molecular formula is C45H43N7O7. The van der Waals surface area contributed by atoms with Crippen molar-refractivity contribution >= 4 is 33.7 Å². The molecule has 4 atom stereocenters. The van der Waals surface area contributed by atoms with Crippen LogP contribution in [0.3, 0.4) is 0 Å². The van der Waals surface area contributed by atoms with E-state index in [2.05, 4.69) is 27.5 Å². The van der Waals surface area contributed by atoms with Gasteiger partial charge in [-0.05, 0) is 61.1 Å². The molecule has 4 unspecified atom stereocenters. The number of piperidine rings is 1. The lowest BCUT2D eigenvalue weighted by atomic mass is 9.86. The van der Waals surface area contributed by atoms with E-state index in [0.717, 1.165) is 34.9 Å². The number of methoxy groups -OCH3 is 1. The number of carbonyl (C=O) groups excluding carboxylic acids is 2. The maximum atomic E-state index is 13.0. The molecule has 3 aliphatic rings. The molecule has 3 fully saturated rings. The molecule has 14 nitrogen and oxygen atoms in total. The lowest BCUT2D eigenvalue weighted by Crippen LogP contribution is -2.51. The number of aliphatic hydroxyl groups is 1. The summed E-state index contributed by atoms with van der Waals surface area (Å²) < 4.78 is 14.2. The van der Waals surface area contributed by atoms with Crippen LogP contribution in [0.15, 0.2) is 90.0 Å². The molecule has 3 amide bonds. The number of hydrogen-bond acceptors (Lipinski definition) is 10. The molecule has 9 rings (SSSR count). The summed E-state index contributed by atoms with van der Waals surface area (Å²) in [6.07, 6.45) is 6.17. The van der Waals surface area contributed by atoms with Crippen LogP contribution in [-0.4, -0.2) is 79.7 Å². The van der Waals surface area contributed by atoms with Gasteiger partial charge in [0, 0.05) is 60.3 Å². The zero-order chi connectivity index (χ0) is 40.8. The lowest BCUT2D eigenvalue weighted by molar-refractivity contribution is -0.151. The number of aliphatic hydroxyl groups excluding tert-OH is 1. The normalized spacial score (nSPS) is 20.7. The number of hydrogen-bond donors (Lipinski definition) is 5. The van der Waals surface area contributed by atoms with Gasteiger partial charge in [-0.25, -0.2) is 14.8 Å². The Hall–Kier alpha value is -6.37. The smallest absolute Gasteiger partial charge is 0.321 e. The number of ether oxygens (including phenoxy) is 2. The Morgan fingerprint density at radius 2 is 1.81 bits per heavy atom. The molecule has 2 saturated heterocycles. The second-order valence-electron chi connectivity index (χ2n) is 15.4. The Bertz CT molecular complexity index is 2730. The van der Waals surface area contributed by atoms with Gasteiger partial charge in [-0.15, -0.1) is 0 Å². The number of aryl methyl sites for hydroxylation is 1. The highest BCUT2D eigenvalue weighted by Crippen LogP contribution is 2.44. The van der Waals surface area contributed by atoms with Crippen molar-refractivity contribution < 1.29 is 29.4 Å². The first-order valence-electron chi connectivity index (χ1n) is 19.7. The summed E-state index contributed by atoms with van der Waals surface area (Å²) in [5, 5.41) is 30.6. The van der Waals surface area contributed by atoms with Gasteiger partial charge >= 0.3 is 6.03 Å².